The highest BCUT2D eigenvalue weighted by atomic mass is 15.2. The van der Waals surface area contributed by atoms with E-state index in [9.17, 15) is 0 Å². The summed E-state index contributed by atoms with van der Waals surface area (Å²) in [5.41, 5.74) is 0. The molecule has 0 amide bonds. The lowest BCUT2D eigenvalue weighted by atomic mass is 10.2. The molecule has 1 rings (SSSR count). The molecule has 1 N–H and O–H groups in total. The van der Waals surface area contributed by atoms with Gasteiger partial charge >= 0.3 is 0 Å². The summed E-state index contributed by atoms with van der Waals surface area (Å²) in [6.07, 6.45) is 4.63. The van der Waals surface area contributed by atoms with Gasteiger partial charge in [0.05, 0.1) is 5.84 Å². The highest BCUT2D eigenvalue weighted by Crippen LogP contribution is 2.16. The summed E-state index contributed by atoms with van der Waals surface area (Å²) in [5.74, 6) is 0.853. The first-order chi connectivity index (χ1) is 5.25. The molecule has 1 aliphatic rings. The molecule has 0 aromatic carbocycles. The average Bonchev–Trinajstić information content (AvgIpc) is 2.36. The monoisotopic (exact) mass is 154 g/mol. The minimum atomic E-state index is 0.593. The van der Waals surface area contributed by atoms with Gasteiger partial charge in [0.15, 0.2) is 0 Å². The second-order valence-corrected chi connectivity index (χ2v) is 3.38. The second kappa shape index (κ2) is 3.74. The molecule has 0 saturated carbocycles. The summed E-state index contributed by atoms with van der Waals surface area (Å²) in [5, 5.41) is 7.64. The smallest absolute Gasteiger partial charge is 0.0960 e. The summed E-state index contributed by atoms with van der Waals surface area (Å²) in [7, 11) is 0. The first kappa shape index (κ1) is 8.57. The molecule has 0 bridgehead atoms. The summed E-state index contributed by atoms with van der Waals surface area (Å²) in [6.45, 7) is 5.54. The molecule has 2 nitrogen and oxygen atoms in total. The van der Waals surface area contributed by atoms with Crippen molar-refractivity contribution in [2.24, 2.45) is 0 Å². The van der Waals surface area contributed by atoms with Crippen LogP contribution in [0, 0.1) is 5.41 Å². The minimum absolute atomic E-state index is 0.593. The van der Waals surface area contributed by atoms with Gasteiger partial charge < -0.3 is 4.90 Å². The molecular formula is C9H18N2. The van der Waals surface area contributed by atoms with Crippen molar-refractivity contribution in [2.45, 2.75) is 45.6 Å². The topological polar surface area (TPSA) is 27.1 Å². The molecule has 11 heavy (non-hydrogen) atoms. The van der Waals surface area contributed by atoms with E-state index < -0.39 is 0 Å². The van der Waals surface area contributed by atoms with E-state index in [4.69, 9.17) is 5.41 Å². The summed E-state index contributed by atoms with van der Waals surface area (Å²) < 4.78 is 0. The zero-order valence-corrected chi connectivity index (χ0v) is 7.56. The van der Waals surface area contributed by atoms with E-state index in [-0.39, 0.29) is 0 Å². The molecule has 0 radical (unpaired) electrons. The van der Waals surface area contributed by atoms with E-state index in [1.54, 1.807) is 0 Å². The van der Waals surface area contributed by atoms with Gasteiger partial charge in [-0.3, -0.25) is 5.41 Å². The van der Waals surface area contributed by atoms with Crippen LogP contribution < -0.4 is 0 Å². The number of nitrogens with zero attached hydrogens (tertiary/aromatic N) is 1. The van der Waals surface area contributed by atoms with Crippen LogP contribution in [0.4, 0.5) is 0 Å². The first-order valence-corrected chi connectivity index (χ1v) is 4.59. The third kappa shape index (κ3) is 1.95. The lowest BCUT2D eigenvalue weighted by Gasteiger charge is -2.25. The van der Waals surface area contributed by atoms with Gasteiger partial charge in [0, 0.05) is 19.0 Å². The van der Waals surface area contributed by atoms with Gasteiger partial charge in [-0.15, -0.1) is 0 Å². The molecule has 1 saturated heterocycles. The lowest BCUT2D eigenvalue weighted by Crippen LogP contribution is -2.33. The third-order valence-corrected chi connectivity index (χ3v) is 2.40. The van der Waals surface area contributed by atoms with Gasteiger partial charge in [-0.2, -0.15) is 0 Å². The molecule has 64 valence electrons. The van der Waals surface area contributed by atoms with Gasteiger partial charge in [0.2, 0.25) is 0 Å². The van der Waals surface area contributed by atoms with Gasteiger partial charge in [-0.05, 0) is 19.8 Å². The van der Waals surface area contributed by atoms with Gasteiger partial charge in [0.1, 0.15) is 0 Å². The number of hydrogen-bond acceptors (Lipinski definition) is 1. The van der Waals surface area contributed by atoms with Crippen molar-refractivity contribution in [3.8, 4) is 0 Å². The van der Waals surface area contributed by atoms with E-state index in [0.29, 0.717) is 6.04 Å². The van der Waals surface area contributed by atoms with Gasteiger partial charge in [-0.25, -0.2) is 0 Å². The third-order valence-electron chi connectivity index (χ3n) is 2.40. The number of nitrogens with one attached hydrogen (secondary N) is 1. The van der Waals surface area contributed by atoms with Crippen LogP contribution in [-0.2, 0) is 0 Å². The predicted molar refractivity (Wildman–Crippen MR) is 48.0 cm³/mol. The van der Waals surface area contributed by atoms with Crippen molar-refractivity contribution in [1.82, 2.24) is 4.90 Å². The Morgan fingerprint density at radius 1 is 1.64 bits per heavy atom. The summed E-state index contributed by atoms with van der Waals surface area (Å²) in [6, 6.07) is 0.593. The number of rotatable bonds is 3. The van der Waals surface area contributed by atoms with Crippen molar-refractivity contribution in [3.63, 3.8) is 0 Å². The second-order valence-electron chi connectivity index (χ2n) is 3.38. The fourth-order valence-electron chi connectivity index (χ4n) is 1.76. The molecule has 0 aromatic rings. The fourth-order valence-corrected chi connectivity index (χ4v) is 1.76. The van der Waals surface area contributed by atoms with E-state index in [1.807, 2.05) is 0 Å². The van der Waals surface area contributed by atoms with Crippen molar-refractivity contribution in [3.05, 3.63) is 0 Å². The molecule has 1 aliphatic heterocycles. The zero-order chi connectivity index (χ0) is 8.27. The number of amidine groups is 1. The van der Waals surface area contributed by atoms with Crippen molar-refractivity contribution >= 4 is 5.84 Å². The number of hydrogen-bond donors (Lipinski definition) is 1. The largest absolute Gasteiger partial charge is 0.358 e. The van der Waals surface area contributed by atoms with Crippen LogP contribution in [-0.4, -0.2) is 23.3 Å². The van der Waals surface area contributed by atoms with E-state index in [2.05, 4.69) is 18.7 Å². The Balaban J connectivity index is 2.39. The molecule has 2 heteroatoms. The Kier molecular flexibility index (Phi) is 2.92. The van der Waals surface area contributed by atoms with Gasteiger partial charge in [-0.1, -0.05) is 13.3 Å². The SMILES string of the molecule is CCCC(C)N1CCCC1=N. The minimum Gasteiger partial charge on any atom is -0.358 e. The van der Waals surface area contributed by atoms with Crippen molar-refractivity contribution in [2.75, 3.05) is 6.54 Å². The van der Waals surface area contributed by atoms with Gasteiger partial charge in [0.25, 0.3) is 0 Å². The average molecular weight is 154 g/mol. The molecule has 0 aromatic heterocycles. The lowest BCUT2D eigenvalue weighted by molar-refractivity contribution is 0.334. The maximum absolute atomic E-state index is 7.64. The normalized spacial score (nSPS) is 20.9. The van der Waals surface area contributed by atoms with Crippen LogP contribution in [0.25, 0.3) is 0 Å². The molecule has 1 heterocycles. The Morgan fingerprint density at radius 3 is 2.82 bits per heavy atom. The molecule has 0 spiro atoms. The zero-order valence-electron chi connectivity index (χ0n) is 7.56. The predicted octanol–water partition coefficient (Wildman–Crippen LogP) is 2.25. The van der Waals surface area contributed by atoms with Crippen LogP contribution in [0.3, 0.4) is 0 Å². The standard InChI is InChI=1S/C9H18N2/c1-3-5-8(2)11-7-4-6-9(11)10/h8,10H,3-7H2,1-2H3. The van der Waals surface area contributed by atoms with E-state index in [0.717, 1.165) is 18.8 Å². The maximum atomic E-state index is 7.64. The van der Waals surface area contributed by atoms with Crippen molar-refractivity contribution < 1.29 is 0 Å². The Morgan fingerprint density at radius 2 is 2.36 bits per heavy atom. The first-order valence-electron chi connectivity index (χ1n) is 4.59. The van der Waals surface area contributed by atoms with Crippen LogP contribution in [0.1, 0.15) is 39.5 Å². The van der Waals surface area contributed by atoms with Crippen LogP contribution in [0.15, 0.2) is 0 Å². The highest BCUT2D eigenvalue weighted by molar-refractivity contribution is 5.81. The summed E-state index contributed by atoms with van der Waals surface area (Å²) >= 11 is 0. The Bertz CT molecular complexity index is 142. The molecular weight excluding hydrogens is 136 g/mol. The maximum Gasteiger partial charge on any atom is 0.0960 e. The molecule has 1 atom stereocenters. The summed E-state index contributed by atoms with van der Waals surface area (Å²) in [4.78, 5) is 2.24. The van der Waals surface area contributed by atoms with Crippen LogP contribution in [0.2, 0.25) is 0 Å². The van der Waals surface area contributed by atoms with Crippen molar-refractivity contribution in [1.29, 1.82) is 5.41 Å². The Labute approximate surface area is 69.1 Å². The molecule has 1 unspecified atom stereocenters. The number of likely N-dealkylation sites (tertiary alicyclic amines) is 1. The molecule has 0 aliphatic carbocycles. The highest BCUT2D eigenvalue weighted by Gasteiger charge is 2.20. The van der Waals surface area contributed by atoms with Crippen LogP contribution >= 0.6 is 0 Å². The molecule has 1 fully saturated rings. The fraction of sp³-hybridized carbons (Fsp3) is 0.889. The quantitative estimate of drug-likeness (QED) is 0.663. The van der Waals surface area contributed by atoms with E-state index in [1.165, 1.54) is 19.3 Å². The van der Waals surface area contributed by atoms with E-state index >= 15 is 0 Å². The van der Waals surface area contributed by atoms with Crippen LogP contribution in [0.5, 0.6) is 0 Å². The Hall–Kier alpha value is -0.530.